The summed E-state index contributed by atoms with van der Waals surface area (Å²) in [5.74, 6) is 0.458. The number of hydrogen-bond acceptors (Lipinski definition) is 5. The highest BCUT2D eigenvalue weighted by Gasteiger charge is 2.21. The molecule has 32 heavy (non-hydrogen) atoms. The molecule has 1 aromatic carbocycles. The Morgan fingerprint density at radius 1 is 0.938 bits per heavy atom. The highest BCUT2D eigenvalue weighted by molar-refractivity contribution is 6.01. The maximum atomic E-state index is 13.0. The molecule has 1 saturated heterocycles. The Balaban J connectivity index is 1.56. The molecule has 4 rings (SSSR count). The van der Waals surface area contributed by atoms with Gasteiger partial charge in [0.1, 0.15) is 5.82 Å². The van der Waals surface area contributed by atoms with Crippen LogP contribution in [0, 0.1) is 13.8 Å². The highest BCUT2D eigenvalue weighted by atomic mass is 16.2. The number of nitrogens with one attached hydrogen (secondary N) is 1. The molecule has 1 N–H and O–H groups in total. The number of amides is 2. The molecular formula is C25H27N5O2. The molecule has 2 amide bonds. The van der Waals surface area contributed by atoms with Gasteiger partial charge < -0.3 is 10.2 Å². The summed E-state index contributed by atoms with van der Waals surface area (Å²) in [5, 5.41) is 2.95. The number of carbonyl (C=O) groups is 2. The maximum Gasteiger partial charge on any atom is 0.253 e. The first-order valence-electron chi connectivity index (χ1n) is 10.9. The molecule has 164 valence electrons. The van der Waals surface area contributed by atoms with Crippen LogP contribution in [0.4, 0.5) is 0 Å². The molecular weight excluding hydrogens is 402 g/mol. The van der Waals surface area contributed by atoms with Gasteiger partial charge >= 0.3 is 0 Å². The lowest BCUT2D eigenvalue weighted by molar-refractivity contribution is 0.0793. The minimum Gasteiger partial charge on any atom is -0.352 e. The fourth-order valence-electron chi connectivity index (χ4n) is 3.74. The van der Waals surface area contributed by atoms with E-state index in [1.54, 1.807) is 30.7 Å². The number of rotatable bonds is 6. The van der Waals surface area contributed by atoms with Crippen molar-refractivity contribution in [2.45, 2.75) is 33.1 Å². The van der Waals surface area contributed by atoms with Crippen LogP contribution < -0.4 is 5.32 Å². The summed E-state index contributed by atoms with van der Waals surface area (Å²) in [5.41, 5.74) is 4.47. The van der Waals surface area contributed by atoms with Crippen molar-refractivity contribution in [2.75, 3.05) is 19.6 Å². The molecule has 0 radical (unpaired) electrons. The number of hydrogen-bond donors (Lipinski definition) is 1. The fraction of sp³-hybridized carbons (Fsp3) is 0.320. The van der Waals surface area contributed by atoms with Crippen molar-refractivity contribution in [3.05, 3.63) is 77.0 Å². The van der Waals surface area contributed by atoms with Gasteiger partial charge in [0.15, 0.2) is 0 Å². The predicted molar refractivity (Wildman–Crippen MR) is 122 cm³/mol. The molecule has 1 fully saturated rings. The second-order valence-electron chi connectivity index (χ2n) is 8.16. The number of aromatic nitrogens is 3. The van der Waals surface area contributed by atoms with Crippen LogP contribution in [0.2, 0.25) is 0 Å². The molecule has 1 aliphatic heterocycles. The van der Waals surface area contributed by atoms with Crippen LogP contribution in [0.25, 0.3) is 11.3 Å². The highest BCUT2D eigenvalue weighted by Crippen LogP contribution is 2.23. The van der Waals surface area contributed by atoms with E-state index in [0.29, 0.717) is 24.1 Å². The van der Waals surface area contributed by atoms with E-state index in [1.165, 1.54) is 0 Å². The first-order valence-corrected chi connectivity index (χ1v) is 10.9. The van der Waals surface area contributed by atoms with Crippen LogP contribution in [0.1, 0.15) is 50.5 Å². The molecule has 3 aromatic rings. The molecule has 7 heteroatoms. The van der Waals surface area contributed by atoms with Gasteiger partial charge in [-0.05, 0) is 68.5 Å². The van der Waals surface area contributed by atoms with Crippen LogP contribution in [0.15, 0.2) is 48.9 Å². The lowest BCUT2D eigenvalue weighted by Crippen LogP contribution is -2.29. The van der Waals surface area contributed by atoms with E-state index < -0.39 is 0 Å². The van der Waals surface area contributed by atoms with Gasteiger partial charge in [-0.2, -0.15) is 0 Å². The van der Waals surface area contributed by atoms with Gasteiger partial charge in [-0.1, -0.05) is 6.07 Å². The van der Waals surface area contributed by atoms with Gasteiger partial charge in [0.25, 0.3) is 11.8 Å². The average Bonchev–Trinajstić information content (AvgIpc) is 3.35. The van der Waals surface area contributed by atoms with Crippen molar-refractivity contribution in [3.8, 4) is 11.3 Å². The lowest BCUT2D eigenvalue weighted by atomic mass is 10.0. The Labute approximate surface area is 187 Å². The fourth-order valence-corrected chi connectivity index (χ4v) is 3.74. The summed E-state index contributed by atoms with van der Waals surface area (Å²) in [4.78, 5) is 40.7. The van der Waals surface area contributed by atoms with Crippen molar-refractivity contribution in [3.63, 3.8) is 0 Å². The standard InChI is InChI=1S/C25H27N5O2/c1-17-5-6-23(29-14-17)20-11-21(13-22(12-20)25(32)30-9-3-4-10-30)24(31)26-8-7-19-15-27-18(2)28-16-19/h5-6,11-16H,3-4,7-10H2,1-2H3,(H,26,31). The largest absolute Gasteiger partial charge is 0.352 e. The van der Waals surface area contributed by atoms with Crippen LogP contribution in [-0.2, 0) is 6.42 Å². The minimum absolute atomic E-state index is 0.0395. The second-order valence-corrected chi connectivity index (χ2v) is 8.16. The normalized spacial score (nSPS) is 13.2. The molecule has 3 heterocycles. The van der Waals surface area contributed by atoms with Crippen LogP contribution >= 0.6 is 0 Å². The van der Waals surface area contributed by atoms with Gasteiger partial charge in [0, 0.05) is 54.9 Å². The van der Waals surface area contributed by atoms with Crippen LogP contribution in [-0.4, -0.2) is 51.3 Å². The Hall–Kier alpha value is -3.61. The number of pyridine rings is 1. The summed E-state index contributed by atoms with van der Waals surface area (Å²) in [6.45, 7) is 5.77. The monoisotopic (exact) mass is 429 g/mol. The van der Waals surface area contributed by atoms with Gasteiger partial charge in [0.2, 0.25) is 0 Å². The summed E-state index contributed by atoms with van der Waals surface area (Å²) >= 11 is 0. The maximum absolute atomic E-state index is 13.0. The first-order chi connectivity index (χ1) is 15.5. The molecule has 0 unspecified atom stereocenters. The van der Waals surface area contributed by atoms with E-state index in [1.807, 2.05) is 36.9 Å². The molecule has 0 spiro atoms. The predicted octanol–water partition coefficient (Wildman–Crippen LogP) is 3.36. The summed E-state index contributed by atoms with van der Waals surface area (Å²) in [6, 6.07) is 9.19. The Morgan fingerprint density at radius 3 is 2.34 bits per heavy atom. The number of nitrogens with zero attached hydrogens (tertiary/aromatic N) is 4. The summed E-state index contributed by atoms with van der Waals surface area (Å²) in [7, 11) is 0. The quantitative estimate of drug-likeness (QED) is 0.649. The van der Waals surface area contributed by atoms with Gasteiger partial charge in [0.05, 0.1) is 5.69 Å². The minimum atomic E-state index is -0.220. The summed E-state index contributed by atoms with van der Waals surface area (Å²) in [6.07, 6.45) is 7.98. The third-order valence-corrected chi connectivity index (χ3v) is 5.58. The number of benzene rings is 1. The van der Waals surface area contributed by atoms with Gasteiger partial charge in [-0.3, -0.25) is 14.6 Å². The molecule has 7 nitrogen and oxygen atoms in total. The van der Waals surface area contributed by atoms with E-state index in [4.69, 9.17) is 0 Å². The van der Waals surface area contributed by atoms with Gasteiger partial charge in [-0.25, -0.2) is 9.97 Å². The number of likely N-dealkylation sites (tertiary alicyclic amines) is 1. The molecule has 2 aromatic heterocycles. The zero-order valence-corrected chi connectivity index (χ0v) is 18.5. The molecule has 0 bridgehead atoms. The van der Waals surface area contributed by atoms with Crippen LogP contribution in [0.3, 0.4) is 0 Å². The van der Waals surface area contributed by atoms with E-state index >= 15 is 0 Å². The third kappa shape index (κ3) is 5.17. The zero-order chi connectivity index (χ0) is 22.5. The van der Waals surface area contributed by atoms with Crippen molar-refractivity contribution < 1.29 is 9.59 Å². The van der Waals surface area contributed by atoms with Gasteiger partial charge in [-0.15, -0.1) is 0 Å². The third-order valence-electron chi connectivity index (χ3n) is 5.58. The topological polar surface area (TPSA) is 88.1 Å². The van der Waals surface area contributed by atoms with Crippen molar-refractivity contribution >= 4 is 11.8 Å². The Morgan fingerprint density at radius 2 is 1.66 bits per heavy atom. The van der Waals surface area contributed by atoms with Crippen molar-refractivity contribution in [2.24, 2.45) is 0 Å². The Bertz CT molecular complexity index is 1100. The molecule has 0 saturated carbocycles. The van der Waals surface area contributed by atoms with E-state index in [9.17, 15) is 9.59 Å². The second kappa shape index (κ2) is 9.68. The summed E-state index contributed by atoms with van der Waals surface area (Å²) < 4.78 is 0. The van der Waals surface area contributed by atoms with Crippen LogP contribution in [0.5, 0.6) is 0 Å². The molecule has 0 atom stereocenters. The number of aryl methyl sites for hydroxylation is 2. The average molecular weight is 430 g/mol. The molecule has 0 aliphatic carbocycles. The lowest BCUT2D eigenvalue weighted by Gasteiger charge is -2.17. The zero-order valence-electron chi connectivity index (χ0n) is 18.5. The number of carbonyl (C=O) groups excluding carboxylic acids is 2. The first kappa shape index (κ1) is 21.6. The van der Waals surface area contributed by atoms with Crippen molar-refractivity contribution in [1.29, 1.82) is 0 Å². The smallest absolute Gasteiger partial charge is 0.253 e. The van der Waals surface area contributed by atoms with E-state index in [2.05, 4.69) is 20.3 Å². The SMILES string of the molecule is Cc1ccc(-c2cc(C(=O)NCCc3cnc(C)nc3)cc(C(=O)N3CCCC3)c2)nc1. The molecule has 1 aliphatic rings. The Kier molecular flexibility index (Phi) is 6.54. The van der Waals surface area contributed by atoms with E-state index in [-0.39, 0.29) is 11.8 Å². The van der Waals surface area contributed by atoms with Crippen molar-refractivity contribution in [1.82, 2.24) is 25.2 Å². The van der Waals surface area contributed by atoms with E-state index in [0.717, 1.165) is 54.1 Å².